The molecule has 7 nitrogen and oxygen atoms in total. The first-order valence-electron chi connectivity index (χ1n) is 9.29. The number of nitrogens with zero attached hydrogens (tertiary/aromatic N) is 4. The predicted molar refractivity (Wildman–Crippen MR) is 110 cm³/mol. The Labute approximate surface area is 177 Å². The van der Waals surface area contributed by atoms with Gasteiger partial charge in [-0.3, -0.25) is 4.79 Å². The normalized spacial score (nSPS) is 19.1. The maximum atomic E-state index is 14.7. The number of alkyl halides is 2. The Balaban J connectivity index is 0.00000181. The summed E-state index contributed by atoms with van der Waals surface area (Å²) in [6.07, 6.45) is 2.47. The number of halogens is 4. The zero-order chi connectivity index (χ0) is 21.5. The molecule has 0 aromatic carbocycles. The van der Waals surface area contributed by atoms with Crippen LogP contribution in [0.4, 0.5) is 19.0 Å². The standard InChI is InChI=1S/C19H18ClF3N6O.2H2/c1-19(18(30)27-9-14(22)23)3-2-4-29(19)17-13(21)8-26-16(28-17)12-7-25-15-11(12)5-10(20)6-24-15;;/h5-8,14H,2-4,9H2,1H3,(H,24,25)(H,27,30);2*1H/t19-;;/m1../s1. The number of aromatic amines is 1. The van der Waals surface area contributed by atoms with Gasteiger partial charge in [-0.15, -0.1) is 0 Å². The monoisotopic (exact) mass is 442 g/mol. The molecule has 0 aliphatic carbocycles. The maximum absolute atomic E-state index is 14.7. The number of hydrogen-bond acceptors (Lipinski definition) is 5. The molecule has 162 valence electrons. The predicted octanol–water partition coefficient (Wildman–Crippen LogP) is 4.04. The zero-order valence-electron chi connectivity index (χ0n) is 15.9. The van der Waals surface area contributed by atoms with Crippen molar-refractivity contribution in [2.24, 2.45) is 0 Å². The number of aromatic nitrogens is 4. The highest BCUT2D eigenvalue weighted by Crippen LogP contribution is 2.36. The number of carbonyl (C=O) groups is 1. The van der Waals surface area contributed by atoms with Crippen LogP contribution in [0.15, 0.2) is 24.7 Å². The number of H-pyrrole nitrogens is 1. The van der Waals surface area contributed by atoms with E-state index in [2.05, 4.69) is 25.3 Å². The zero-order valence-corrected chi connectivity index (χ0v) is 16.7. The molecule has 1 fully saturated rings. The number of amides is 1. The summed E-state index contributed by atoms with van der Waals surface area (Å²) < 4.78 is 39.8. The van der Waals surface area contributed by atoms with Crippen LogP contribution >= 0.6 is 11.6 Å². The number of rotatable bonds is 5. The van der Waals surface area contributed by atoms with Crippen molar-refractivity contribution in [3.63, 3.8) is 0 Å². The Morgan fingerprint density at radius 1 is 1.43 bits per heavy atom. The van der Waals surface area contributed by atoms with Crippen molar-refractivity contribution >= 4 is 34.4 Å². The van der Waals surface area contributed by atoms with E-state index in [1.54, 1.807) is 19.2 Å². The lowest BCUT2D eigenvalue weighted by atomic mass is 9.97. The molecule has 0 saturated carbocycles. The first-order chi connectivity index (χ1) is 14.3. The van der Waals surface area contributed by atoms with Gasteiger partial charge in [-0.25, -0.2) is 28.1 Å². The van der Waals surface area contributed by atoms with Crippen molar-refractivity contribution in [1.82, 2.24) is 25.3 Å². The molecule has 1 aliphatic heterocycles. The number of fused-ring (bicyclic) bond motifs is 1. The fourth-order valence-electron chi connectivity index (χ4n) is 3.74. The lowest BCUT2D eigenvalue weighted by Crippen LogP contribution is -2.54. The molecule has 1 amide bonds. The summed E-state index contributed by atoms with van der Waals surface area (Å²) in [5.74, 6) is -1.13. The molecule has 1 atom stereocenters. The molecule has 1 aliphatic rings. The van der Waals surface area contributed by atoms with Crippen molar-refractivity contribution in [2.75, 3.05) is 18.0 Å². The van der Waals surface area contributed by atoms with Crippen LogP contribution in [0.25, 0.3) is 22.4 Å². The van der Waals surface area contributed by atoms with Crippen molar-refractivity contribution in [3.05, 3.63) is 35.5 Å². The van der Waals surface area contributed by atoms with Crippen LogP contribution in [0.2, 0.25) is 5.02 Å². The maximum Gasteiger partial charge on any atom is 0.255 e. The lowest BCUT2D eigenvalue weighted by molar-refractivity contribution is -0.126. The molecule has 0 radical (unpaired) electrons. The second kappa shape index (κ2) is 7.75. The van der Waals surface area contributed by atoms with Crippen molar-refractivity contribution in [1.29, 1.82) is 0 Å². The second-order valence-corrected chi connectivity index (χ2v) is 7.68. The molecule has 2 N–H and O–H groups in total. The molecule has 3 aromatic rings. The van der Waals surface area contributed by atoms with Crippen molar-refractivity contribution in [3.8, 4) is 11.4 Å². The molecular weight excluding hydrogens is 421 g/mol. The van der Waals surface area contributed by atoms with Crippen LogP contribution in [0.1, 0.15) is 22.6 Å². The van der Waals surface area contributed by atoms with Gasteiger partial charge in [0.1, 0.15) is 11.2 Å². The highest BCUT2D eigenvalue weighted by Gasteiger charge is 2.45. The summed E-state index contributed by atoms with van der Waals surface area (Å²) in [6.45, 7) is 1.19. The van der Waals surface area contributed by atoms with Crippen LogP contribution in [0, 0.1) is 5.82 Å². The third-order valence-electron chi connectivity index (χ3n) is 5.27. The number of pyridine rings is 1. The Kier molecular flexibility index (Phi) is 5.27. The summed E-state index contributed by atoms with van der Waals surface area (Å²) in [7, 11) is 0. The fourth-order valence-corrected chi connectivity index (χ4v) is 3.90. The van der Waals surface area contributed by atoms with Gasteiger partial charge in [-0.1, -0.05) is 11.6 Å². The summed E-state index contributed by atoms with van der Waals surface area (Å²) in [4.78, 5) is 29.7. The average molecular weight is 443 g/mol. The van der Waals surface area contributed by atoms with Gasteiger partial charge in [-0.2, -0.15) is 0 Å². The SMILES string of the molecule is C[C@]1(C(=O)NCC(F)F)CCCN1c1nc(-c2c[nH]c3ncc(Cl)cc23)ncc1F.[HH].[HH]. The molecule has 0 unspecified atom stereocenters. The molecule has 0 bridgehead atoms. The van der Waals surface area contributed by atoms with Crippen LogP contribution < -0.4 is 10.2 Å². The number of hydrogen-bond donors (Lipinski definition) is 2. The largest absolute Gasteiger partial charge is 0.348 e. The molecule has 11 heteroatoms. The molecule has 3 aromatic heterocycles. The third-order valence-corrected chi connectivity index (χ3v) is 5.47. The van der Waals surface area contributed by atoms with E-state index >= 15 is 0 Å². The second-order valence-electron chi connectivity index (χ2n) is 7.25. The van der Waals surface area contributed by atoms with Crippen molar-refractivity contribution in [2.45, 2.75) is 31.7 Å². The number of carbonyl (C=O) groups excluding carboxylic acids is 1. The van der Waals surface area contributed by atoms with Crippen LogP contribution in [0.5, 0.6) is 0 Å². The Bertz CT molecular complexity index is 1120. The summed E-state index contributed by atoms with van der Waals surface area (Å²) in [6, 6.07) is 1.69. The first kappa shape index (κ1) is 20.4. The van der Waals surface area contributed by atoms with Gasteiger partial charge in [0.2, 0.25) is 5.91 Å². The minimum Gasteiger partial charge on any atom is -0.348 e. The van der Waals surface area contributed by atoms with E-state index in [-0.39, 0.29) is 14.5 Å². The molecule has 4 rings (SSSR count). The van der Waals surface area contributed by atoms with Gasteiger partial charge in [-0.05, 0) is 25.8 Å². The van der Waals surface area contributed by atoms with Crippen LogP contribution in [0.3, 0.4) is 0 Å². The topological polar surface area (TPSA) is 86.8 Å². The average Bonchev–Trinajstić information content (AvgIpc) is 3.30. The highest BCUT2D eigenvalue weighted by atomic mass is 35.5. The van der Waals surface area contributed by atoms with E-state index in [0.717, 1.165) is 6.20 Å². The highest BCUT2D eigenvalue weighted by molar-refractivity contribution is 6.31. The molecule has 1 saturated heterocycles. The minimum atomic E-state index is -2.67. The van der Waals surface area contributed by atoms with Gasteiger partial charge >= 0.3 is 0 Å². The van der Waals surface area contributed by atoms with E-state index in [9.17, 15) is 18.0 Å². The molecule has 0 spiro atoms. The van der Waals surface area contributed by atoms with E-state index in [4.69, 9.17) is 11.6 Å². The van der Waals surface area contributed by atoms with Crippen LogP contribution in [-0.4, -0.2) is 50.9 Å². The number of nitrogens with one attached hydrogen (secondary N) is 2. The Morgan fingerprint density at radius 2 is 2.23 bits per heavy atom. The lowest BCUT2D eigenvalue weighted by Gasteiger charge is -2.34. The van der Waals surface area contributed by atoms with Gasteiger partial charge in [0.15, 0.2) is 17.5 Å². The van der Waals surface area contributed by atoms with Gasteiger partial charge in [0, 0.05) is 32.7 Å². The van der Waals surface area contributed by atoms with E-state index in [0.29, 0.717) is 41.0 Å². The van der Waals surface area contributed by atoms with Crippen molar-refractivity contribution < 1.29 is 20.8 Å². The smallest absolute Gasteiger partial charge is 0.255 e. The van der Waals surface area contributed by atoms with Crippen LogP contribution in [-0.2, 0) is 4.79 Å². The van der Waals surface area contributed by atoms with Gasteiger partial charge in [0.25, 0.3) is 6.43 Å². The molecule has 4 heterocycles. The molecule has 30 heavy (non-hydrogen) atoms. The van der Waals surface area contributed by atoms with E-state index in [1.807, 2.05) is 0 Å². The summed E-state index contributed by atoms with van der Waals surface area (Å²) >= 11 is 6.04. The van der Waals surface area contributed by atoms with Gasteiger partial charge < -0.3 is 15.2 Å². The van der Waals surface area contributed by atoms with E-state index < -0.39 is 30.2 Å². The first-order valence-corrected chi connectivity index (χ1v) is 9.67. The summed E-state index contributed by atoms with van der Waals surface area (Å²) in [5, 5.41) is 3.32. The van der Waals surface area contributed by atoms with Gasteiger partial charge in [0.05, 0.1) is 17.8 Å². The molecular formula is C19H22ClF3N6O. The summed E-state index contributed by atoms with van der Waals surface area (Å²) in [5.41, 5.74) is -0.0579. The Hall–Kier alpha value is -2.88. The number of anilines is 1. The Morgan fingerprint density at radius 3 is 3.00 bits per heavy atom. The quantitative estimate of drug-likeness (QED) is 0.622. The van der Waals surface area contributed by atoms with E-state index in [1.165, 1.54) is 11.1 Å². The third kappa shape index (κ3) is 3.55. The fraction of sp³-hybridized carbons (Fsp3) is 0.368. The minimum absolute atomic E-state index is 0.